The predicted octanol–water partition coefficient (Wildman–Crippen LogP) is 3.97. The number of ether oxygens (including phenoxy) is 3. The largest absolute Gasteiger partial charge is 0.493 e. The maximum Gasteiger partial charge on any atom is 0.387 e. The number of para-hydroxylation sites is 1. The van der Waals surface area contributed by atoms with E-state index in [-0.39, 0.29) is 17.9 Å². The van der Waals surface area contributed by atoms with E-state index in [0.717, 1.165) is 5.56 Å². The lowest BCUT2D eigenvalue weighted by Crippen LogP contribution is -2.27. The fourth-order valence-electron chi connectivity index (χ4n) is 2.48. The molecule has 0 aliphatic rings. The fourth-order valence-corrected chi connectivity index (χ4v) is 2.48. The molecule has 140 valence electrons. The molecule has 0 bridgehead atoms. The first-order valence-corrected chi connectivity index (χ1v) is 8.05. The van der Waals surface area contributed by atoms with Gasteiger partial charge in [-0.25, -0.2) is 0 Å². The number of nitrogens with zero attached hydrogens (tertiary/aromatic N) is 1. The van der Waals surface area contributed by atoms with Gasteiger partial charge in [0.1, 0.15) is 5.75 Å². The van der Waals surface area contributed by atoms with Gasteiger partial charge in [-0.2, -0.15) is 8.78 Å². The fraction of sp³-hybridized carbons (Fsp3) is 0.316. The molecule has 0 spiro atoms. The smallest absolute Gasteiger partial charge is 0.387 e. The van der Waals surface area contributed by atoms with Crippen LogP contribution in [0.15, 0.2) is 42.5 Å². The summed E-state index contributed by atoms with van der Waals surface area (Å²) in [5.41, 5.74) is 0.890. The number of methoxy groups -OCH3 is 1. The number of rotatable bonds is 8. The maximum atomic E-state index is 12.6. The second-order valence-corrected chi connectivity index (χ2v) is 5.45. The zero-order valence-electron chi connectivity index (χ0n) is 14.9. The summed E-state index contributed by atoms with van der Waals surface area (Å²) >= 11 is 0. The molecular weight excluding hydrogens is 344 g/mol. The van der Waals surface area contributed by atoms with E-state index >= 15 is 0 Å². The molecule has 7 heteroatoms. The van der Waals surface area contributed by atoms with Crippen molar-refractivity contribution in [2.75, 3.05) is 20.8 Å². The van der Waals surface area contributed by atoms with Crippen molar-refractivity contribution in [2.45, 2.75) is 20.1 Å². The number of hydrogen-bond donors (Lipinski definition) is 0. The number of halogens is 2. The molecule has 2 aromatic carbocycles. The van der Waals surface area contributed by atoms with Crippen molar-refractivity contribution in [1.29, 1.82) is 0 Å². The van der Waals surface area contributed by atoms with Crippen LogP contribution in [0.25, 0.3) is 0 Å². The van der Waals surface area contributed by atoms with Gasteiger partial charge in [0, 0.05) is 13.6 Å². The lowest BCUT2D eigenvalue weighted by Gasteiger charge is -2.20. The second-order valence-electron chi connectivity index (χ2n) is 5.45. The monoisotopic (exact) mass is 365 g/mol. The zero-order valence-corrected chi connectivity index (χ0v) is 14.9. The van der Waals surface area contributed by atoms with E-state index < -0.39 is 12.5 Å². The van der Waals surface area contributed by atoms with Gasteiger partial charge in [-0.3, -0.25) is 4.79 Å². The van der Waals surface area contributed by atoms with Crippen molar-refractivity contribution < 1.29 is 27.8 Å². The molecule has 0 aliphatic heterocycles. The van der Waals surface area contributed by atoms with Crippen molar-refractivity contribution in [1.82, 2.24) is 4.90 Å². The van der Waals surface area contributed by atoms with Crippen LogP contribution in [0.5, 0.6) is 17.2 Å². The van der Waals surface area contributed by atoms with E-state index in [1.165, 1.54) is 30.2 Å². The highest BCUT2D eigenvalue weighted by molar-refractivity contribution is 5.96. The lowest BCUT2D eigenvalue weighted by atomic mass is 10.1. The number of carbonyl (C=O) groups is 1. The molecule has 0 N–H and O–H groups in total. The van der Waals surface area contributed by atoms with Gasteiger partial charge < -0.3 is 19.1 Å². The average Bonchev–Trinajstić information content (AvgIpc) is 2.62. The first-order chi connectivity index (χ1) is 12.5. The van der Waals surface area contributed by atoms with Gasteiger partial charge in [0.05, 0.1) is 19.3 Å². The summed E-state index contributed by atoms with van der Waals surface area (Å²) in [5, 5.41) is 0. The third kappa shape index (κ3) is 4.84. The minimum atomic E-state index is -3.00. The predicted molar refractivity (Wildman–Crippen MR) is 93.0 cm³/mol. The van der Waals surface area contributed by atoms with Crippen LogP contribution in [-0.4, -0.2) is 38.2 Å². The van der Waals surface area contributed by atoms with Gasteiger partial charge >= 0.3 is 6.61 Å². The molecule has 0 atom stereocenters. The van der Waals surface area contributed by atoms with Crippen LogP contribution in [0, 0.1) is 0 Å². The van der Waals surface area contributed by atoms with Crippen LogP contribution in [0.3, 0.4) is 0 Å². The molecule has 0 radical (unpaired) electrons. The number of benzene rings is 2. The van der Waals surface area contributed by atoms with E-state index in [1.807, 2.05) is 13.0 Å². The van der Waals surface area contributed by atoms with Gasteiger partial charge in [0.25, 0.3) is 5.91 Å². The van der Waals surface area contributed by atoms with Gasteiger partial charge in [-0.15, -0.1) is 0 Å². The molecule has 26 heavy (non-hydrogen) atoms. The Labute approximate surface area is 151 Å². The van der Waals surface area contributed by atoms with Crippen molar-refractivity contribution in [3.8, 4) is 17.2 Å². The minimum Gasteiger partial charge on any atom is -0.493 e. The normalized spacial score (nSPS) is 10.5. The molecule has 2 rings (SSSR count). The highest BCUT2D eigenvalue weighted by atomic mass is 19.3. The van der Waals surface area contributed by atoms with E-state index in [9.17, 15) is 13.6 Å². The average molecular weight is 365 g/mol. The maximum absolute atomic E-state index is 12.6. The van der Waals surface area contributed by atoms with Gasteiger partial charge in [0.15, 0.2) is 11.5 Å². The molecule has 0 aromatic heterocycles. The van der Waals surface area contributed by atoms with Gasteiger partial charge in [0.2, 0.25) is 0 Å². The second kappa shape index (κ2) is 9.03. The topological polar surface area (TPSA) is 48.0 Å². The van der Waals surface area contributed by atoms with Crippen LogP contribution in [0.1, 0.15) is 22.8 Å². The summed E-state index contributed by atoms with van der Waals surface area (Å²) in [6.07, 6.45) is 0. The highest BCUT2D eigenvalue weighted by Crippen LogP contribution is 2.29. The highest BCUT2D eigenvalue weighted by Gasteiger charge is 2.19. The molecule has 0 heterocycles. The third-order valence-electron chi connectivity index (χ3n) is 3.63. The molecule has 0 saturated heterocycles. The Morgan fingerprint density at radius 2 is 1.85 bits per heavy atom. The van der Waals surface area contributed by atoms with Crippen LogP contribution in [-0.2, 0) is 6.54 Å². The Hall–Kier alpha value is -2.83. The number of alkyl halides is 2. The molecule has 1 amide bonds. The van der Waals surface area contributed by atoms with Crippen molar-refractivity contribution in [3.63, 3.8) is 0 Å². The standard InChI is InChI=1S/C19H21F2NO4/c1-4-25-16-10-9-13(11-17(16)24-3)12-22(2)18(23)14-7-5-6-8-15(14)26-19(20)21/h5-11,19H,4,12H2,1-3H3. The number of amides is 1. The quantitative estimate of drug-likeness (QED) is 0.710. The SMILES string of the molecule is CCOc1ccc(CN(C)C(=O)c2ccccc2OC(F)F)cc1OC. The molecular formula is C19H21F2NO4. The zero-order chi connectivity index (χ0) is 19.1. The Morgan fingerprint density at radius 1 is 1.12 bits per heavy atom. The lowest BCUT2D eigenvalue weighted by molar-refractivity contribution is -0.0502. The van der Waals surface area contributed by atoms with Crippen molar-refractivity contribution >= 4 is 5.91 Å². The number of carbonyl (C=O) groups excluding carboxylic acids is 1. The first-order valence-electron chi connectivity index (χ1n) is 8.05. The molecule has 0 fully saturated rings. The van der Waals surface area contributed by atoms with Crippen LogP contribution >= 0.6 is 0 Å². The summed E-state index contributed by atoms with van der Waals surface area (Å²) in [4.78, 5) is 14.0. The van der Waals surface area contributed by atoms with Crippen LogP contribution < -0.4 is 14.2 Å². The summed E-state index contributed by atoms with van der Waals surface area (Å²) < 4.78 is 40.2. The van der Waals surface area contributed by atoms with E-state index in [2.05, 4.69) is 4.74 Å². The summed E-state index contributed by atoms with van der Waals surface area (Å²) in [7, 11) is 3.12. The molecule has 0 unspecified atom stereocenters. The van der Waals surface area contributed by atoms with E-state index in [1.54, 1.807) is 25.2 Å². The molecule has 2 aromatic rings. The molecule has 5 nitrogen and oxygen atoms in total. The summed E-state index contributed by atoms with van der Waals surface area (Å²) in [5.74, 6) is 0.604. The number of hydrogen-bond acceptors (Lipinski definition) is 4. The first kappa shape index (κ1) is 19.5. The van der Waals surface area contributed by atoms with Crippen molar-refractivity contribution in [2.24, 2.45) is 0 Å². The summed E-state index contributed by atoms with van der Waals surface area (Å²) in [6.45, 7) is -0.345. The Balaban J connectivity index is 2.17. The Morgan fingerprint density at radius 3 is 2.50 bits per heavy atom. The summed E-state index contributed by atoms with van der Waals surface area (Å²) in [6, 6.07) is 11.3. The van der Waals surface area contributed by atoms with Crippen LogP contribution in [0.4, 0.5) is 8.78 Å². The van der Waals surface area contributed by atoms with E-state index in [4.69, 9.17) is 9.47 Å². The van der Waals surface area contributed by atoms with E-state index in [0.29, 0.717) is 18.1 Å². The minimum absolute atomic E-state index is 0.0770. The Bertz CT molecular complexity index is 752. The van der Waals surface area contributed by atoms with Crippen molar-refractivity contribution in [3.05, 3.63) is 53.6 Å². The third-order valence-corrected chi connectivity index (χ3v) is 3.63. The van der Waals surface area contributed by atoms with Gasteiger partial charge in [-0.05, 0) is 36.8 Å². The van der Waals surface area contributed by atoms with Crippen LogP contribution in [0.2, 0.25) is 0 Å². The van der Waals surface area contributed by atoms with Gasteiger partial charge in [-0.1, -0.05) is 18.2 Å². The molecule has 0 saturated carbocycles. The Kier molecular flexibility index (Phi) is 6.77. The molecule has 0 aliphatic carbocycles.